The van der Waals surface area contributed by atoms with E-state index in [0.717, 1.165) is 12.8 Å². The van der Waals surface area contributed by atoms with Gasteiger partial charge in [-0.1, -0.05) is 31.2 Å². The summed E-state index contributed by atoms with van der Waals surface area (Å²) in [5, 5.41) is 13.8. The monoisotopic (exact) mass is 667 g/mol. The number of hydrogen-bond donors (Lipinski definition) is 2. The summed E-state index contributed by atoms with van der Waals surface area (Å²) in [5.74, 6) is -0.257. The number of methoxy groups -OCH3 is 1. The molecule has 2 aromatic rings. The third-order valence-corrected chi connectivity index (χ3v) is 9.81. The predicted octanol–water partition coefficient (Wildman–Crippen LogP) is 4.26. The van der Waals surface area contributed by atoms with Gasteiger partial charge in [-0.05, 0) is 96.6 Å². The van der Waals surface area contributed by atoms with Crippen LogP contribution in [0.15, 0.2) is 24.4 Å². The minimum atomic E-state index is -0.752. The summed E-state index contributed by atoms with van der Waals surface area (Å²) in [6.07, 6.45) is 3.02. The first-order chi connectivity index (χ1) is 22.3. The molecular weight excluding hydrogens is 617 g/mol. The van der Waals surface area contributed by atoms with E-state index < -0.39 is 41.9 Å². The number of esters is 1. The van der Waals surface area contributed by atoms with Gasteiger partial charge in [0.2, 0.25) is 5.91 Å². The minimum Gasteiger partial charge on any atom is -0.496 e. The van der Waals surface area contributed by atoms with Crippen molar-refractivity contribution >= 4 is 25.1 Å². The molecule has 0 radical (unpaired) electrons. The van der Waals surface area contributed by atoms with Gasteiger partial charge in [-0.25, -0.2) is 14.3 Å². The molecule has 0 spiro atoms. The highest BCUT2D eigenvalue weighted by Crippen LogP contribution is 2.65. The van der Waals surface area contributed by atoms with Crippen molar-refractivity contribution < 1.29 is 37.9 Å². The zero-order valence-electron chi connectivity index (χ0n) is 29.8. The van der Waals surface area contributed by atoms with E-state index in [1.54, 1.807) is 53.7 Å². The molecule has 1 aliphatic heterocycles. The number of nitrogens with one attached hydrogen (secondary N) is 2. The molecule has 1 unspecified atom stereocenters. The summed E-state index contributed by atoms with van der Waals surface area (Å²) in [4.78, 5) is 39.0. The van der Waals surface area contributed by atoms with Crippen molar-refractivity contribution in [3.05, 3.63) is 41.2 Å². The molecule has 1 aromatic heterocycles. The number of alkyl carbamates (subject to hydrolysis) is 1. The van der Waals surface area contributed by atoms with Crippen LogP contribution in [0.1, 0.15) is 96.8 Å². The second-order valence-electron chi connectivity index (χ2n) is 16.0. The highest BCUT2D eigenvalue weighted by molar-refractivity contribution is 6.48. The SMILES string of the molecule is COc1c(CC(NC(=O)Cn2nncc2CNC(=O)OC(C)(C)C)B2O[C@@H]3C[C@@H]4C[C@@H](C4(C)C)[C@]3(C)O2)cccc1C(=O)OC(C)(C)C. The third-order valence-electron chi connectivity index (χ3n) is 9.81. The van der Waals surface area contributed by atoms with Gasteiger partial charge in [-0.2, -0.15) is 0 Å². The lowest BCUT2D eigenvalue weighted by molar-refractivity contribution is -0.199. The lowest BCUT2D eigenvalue weighted by atomic mass is 9.43. The van der Waals surface area contributed by atoms with Crippen molar-refractivity contribution in [3.8, 4) is 5.75 Å². The quantitative estimate of drug-likeness (QED) is 0.278. The fourth-order valence-corrected chi connectivity index (χ4v) is 7.42. The van der Waals surface area contributed by atoms with Crippen LogP contribution in [-0.2, 0) is 43.1 Å². The Hall–Kier alpha value is -3.65. The van der Waals surface area contributed by atoms with Gasteiger partial charge in [0, 0.05) is 0 Å². The number of carbonyl (C=O) groups excluding carboxylic acids is 3. The van der Waals surface area contributed by atoms with Gasteiger partial charge in [-0.15, -0.1) is 5.10 Å². The van der Waals surface area contributed by atoms with E-state index in [4.69, 9.17) is 23.5 Å². The first kappa shape index (κ1) is 35.7. The molecule has 2 heterocycles. The van der Waals surface area contributed by atoms with Crippen molar-refractivity contribution in [3.63, 3.8) is 0 Å². The summed E-state index contributed by atoms with van der Waals surface area (Å²) in [6, 6.07) is 5.28. The van der Waals surface area contributed by atoms with Gasteiger partial charge in [0.1, 0.15) is 29.1 Å². The van der Waals surface area contributed by atoms with Gasteiger partial charge < -0.3 is 34.2 Å². The Kier molecular flexibility index (Phi) is 9.66. The van der Waals surface area contributed by atoms with E-state index in [1.165, 1.54) is 18.0 Å². The second kappa shape index (κ2) is 13.0. The van der Waals surface area contributed by atoms with Crippen LogP contribution >= 0.6 is 0 Å². The Balaban J connectivity index is 1.37. The molecule has 2 bridgehead atoms. The molecular formula is C34H50BN5O8. The largest absolute Gasteiger partial charge is 0.496 e. The first-order valence-electron chi connectivity index (χ1n) is 16.7. The molecule has 1 saturated heterocycles. The van der Waals surface area contributed by atoms with Gasteiger partial charge in [-0.3, -0.25) is 4.79 Å². The number of benzene rings is 1. The van der Waals surface area contributed by atoms with E-state index in [2.05, 4.69) is 41.7 Å². The Morgan fingerprint density at radius 2 is 1.79 bits per heavy atom. The summed E-state index contributed by atoms with van der Waals surface area (Å²) in [7, 11) is 0.753. The summed E-state index contributed by atoms with van der Waals surface area (Å²) in [6.45, 7) is 17.4. The van der Waals surface area contributed by atoms with Crippen LogP contribution in [0.3, 0.4) is 0 Å². The normalized spacial score (nSPS) is 25.0. The highest BCUT2D eigenvalue weighted by atomic mass is 16.7. The zero-order chi connectivity index (χ0) is 35.2. The standard InChI is InChI=1S/C34H50BN5O8/c1-31(2,3)45-29(42)23-13-11-12-20(28(23)44-10)14-26(35-47-25-16-21-15-24(33(21,7)8)34(25,9)48-35)38-27(41)19-40-22(18-37-39-40)17-36-30(43)46-32(4,5)6/h11-13,18,21,24-26H,14-17,19H2,1-10H3,(H,36,43)(H,38,41)/t21-,24-,25+,26?,34-/m0/s1. The van der Waals surface area contributed by atoms with Crippen LogP contribution in [0.2, 0.25) is 0 Å². The Labute approximate surface area is 283 Å². The summed E-state index contributed by atoms with van der Waals surface area (Å²) in [5.41, 5.74) is -0.203. The lowest BCUT2D eigenvalue weighted by Crippen LogP contribution is -2.65. The van der Waals surface area contributed by atoms with E-state index in [-0.39, 0.29) is 42.5 Å². The number of carbonyl (C=O) groups is 3. The molecule has 2 N–H and O–H groups in total. The number of aromatic nitrogens is 3. The van der Waals surface area contributed by atoms with Gasteiger partial charge >= 0.3 is 19.2 Å². The Bertz CT molecular complexity index is 1530. The van der Waals surface area contributed by atoms with Gasteiger partial charge in [0.05, 0.1) is 43.2 Å². The molecule has 13 nitrogen and oxygen atoms in total. The van der Waals surface area contributed by atoms with Crippen LogP contribution in [0.25, 0.3) is 0 Å². The molecule has 3 saturated carbocycles. The Morgan fingerprint density at radius 3 is 2.44 bits per heavy atom. The third kappa shape index (κ3) is 7.49. The number of para-hydroxylation sites is 1. The average Bonchev–Trinajstić information content (AvgIpc) is 3.56. The molecule has 4 fully saturated rings. The lowest BCUT2D eigenvalue weighted by Gasteiger charge is -2.64. The van der Waals surface area contributed by atoms with Crippen LogP contribution in [0.5, 0.6) is 5.75 Å². The maximum Gasteiger partial charge on any atom is 0.482 e. The smallest absolute Gasteiger partial charge is 0.482 e. The average molecular weight is 668 g/mol. The summed E-state index contributed by atoms with van der Waals surface area (Å²) < 4.78 is 31.5. The molecule has 4 aliphatic rings. The molecule has 3 aliphatic carbocycles. The van der Waals surface area contributed by atoms with Crippen LogP contribution in [0, 0.1) is 17.3 Å². The van der Waals surface area contributed by atoms with Gasteiger partial charge in [0.25, 0.3) is 0 Å². The number of rotatable bonds is 10. The summed E-state index contributed by atoms with van der Waals surface area (Å²) >= 11 is 0. The minimum absolute atomic E-state index is 0.0699. The Morgan fingerprint density at radius 1 is 1.08 bits per heavy atom. The van der Waals surface area contributed by atoms with Crippen LogP contribution < -0.4 is 15.4 Å². The zero-order valence-corrected chi connectivity index (χ0v) is 29.8. The fraction of sp³-hybridized carbons (Fsp3) is 0.676. The van der Waals surface area contributed by atoms with Crippen molar-refractivity contribution in [1.82, 2.24) is 25.6 Å². The van der Waals surface area contributed by atoms with Crippen molar-refractivity contribution in [2.45, 2.75) is 124 Å². The van der Waals surface area contributed by atoms with Gasteiger partial charge in [0.15, 0.2) is 0 Å². The maximum atomic E-state index is 13.7. The maximum absolute atomic E-state index is 13.7. The first-order valence-corrected chi connectivity index (χ1v) is 16.7. The van der Waals surface area contributed by atoms with Crippen LogP contribution in [-0.4, -0.2) is 76.0 Å². The topological polar surface area (TPSA) is 152 Å². The molecule has 2 amide bonds. The molecule has 1 aromatic carbocycles. The van der Waals surface area contributed by atoms with Crippen molar-refractivity contribution in [2.75, 3.05) is 7.11 Å². The van der Waals surface area contributed by atoms with Crippen molar-refractivity contribution in [1.29, 1.82) is 0 Å². The number of ether oxygens (including phenoxy) is 3. The van der Waals surface area contributed by atoms with E-state index in [9.17, 15) is 14.4 Å². The van der Waals surface area contributed by atoms with E-state index >= 15 is 0 Å². The highest BCUT2D eigenvalue weighted by Gasteiger charge is 2.68. The van der Waals surface area contributed by atoms with Crippen LogP contribution in [0.4, 0.5) is 4.79 Å². The molecule has 6 rings (SSSR count). The number of amides is 2. The van der Waals surface area contributed by atoms with E-state index in [0.29, 0.717) is 28.8 Å². The number of hydrogen-bond acceptors (Lipinski definition) is 10. The molecule has 48 heavy (non-hydrogen) atoms. The fourth-order valence-electron chi connectivity index (χ4n) is 7.42. The predicted molar refractivity (Wildman–Crippen MR) is 177 cm³/mol. The molecule has 14 heteroatoms. The van der Waals surface area contributed by atoms with Crippen molar-refractivity contribution in [2.24, 2.45) is 17.3 Å². The molecule has 262 valence electrons. The second-order valence-corrected chi connectivity index (χ2v) is 16.0. The molecule has 5 atom stereocenters. The number of nitrogens with zero attached hydrogens (tertiary/aromatic N) is 3. The van der Waals surface area contributed by atoms with E-state index in [1.807, 2.05) is 6.07 Å².